The molecule has 0 aromatic heterocycles. The van der Waals surface area contributed by atoms with Crippen LogP contribution in [0.2, 0.25) is 0 Å². The minimum Gasteiger partial charge on any atom is -0.379 e. The van der Waals surface area contributed by atoms with Gasteiger partial charge in [-0.15, -0.1) is 0 Å². The van der Waals surface area contributed by atoms with E-state index in [1.165, 1.54) is 10.4 Å². The number of nitrogens with one attached hydrogen (secondary N) is 1. The van der Waals surface area contributed by atoms with E-state index in [0.717, 1.165) is 0 Å². The smallest absolute Gasteiger partial charge is 0.243 e. The number of rotatable bonds is 5. The van der Waals surface area contributed by atoms with Gasteiger partial charge in [-0.25, -0.2) is 8.42 Å². The van der Waals surface area contributed by atoms with Crippen LogP contribution in [0.25, 0.3) is 0 Å². The summed E-state index contributed by atoms with van der Waals surface area (Å²) in [7, 11) is -3.60. The number of ether oxygens (including phenoxy) is 2. The van der Waals surface area contributed by atoms with E-state index < -0.39 is 10.0 Å². The lowest BCUT2D eigenvalue weighted by Crippen LogP contribution is -2.52. The summed E-state index contributed by atoms with van der Waals surface area (Å²) in [6, 6.07) is 6.07. The molecule has 9 heteroatoms. The van der Waals surface area contributed by atoms with Crippen molar-refractivity contribution in [1.82, 2.24) is 9.21 Å². The molecule has 0 bridgehead atoms. The molecular weight excluding hydrogens is 382 g/mol. The molecule has 8 nitrogen and oxygen atoms in total. The van der Waals surface area contributed by atoms with E-state index >= 15 is 0 Å². The molecule has 156 valence electrons. The first-order valence-electron chi connectivity index (χ1n) is 9.65. The van der Waals surface area contributed by atoms with Gasteiger partial charge in [0.2, 0.25) is 15.9 Å². The van der Waals surface area contributed by atoms with E-state index in [0.29, 0.717) is 45.1 Å². The molecule has 0 unspecified atom stereocenters. The van der Waals surface area contributed by atoms with E-state index in [2.05, 4.69) is 10.2 Å². The van der Waals surface area contributed by atoms with Crippen LogP contribution in [0, 0.1) is 0 Å². The predicted octanol–water partition coefficient (Wildman–Crippen LogP) is 1.14. The summed E-state index contributed by atoms with van der Waals surface area (Å²) in [4.78, 5) is 15.0. The largest absolute Gasteiger partial charge is 0.379 e. The number of sulfonamides is 1. The van der Waals surface area contributed by atoms with Crippen LogP contribution in [0.15, 0.2) is 29.2 Å². The molecule has 3 rings (SSSR count). The zero-order valence-electron chi connectivity index (χ0n) is 16.6. The Morgan fingerprint density at radius 1 is 1.18 bits per heavy atom. The maximum absolute atomic E-state index is 12.8. The van der Waals surface area contributed by atoms with Crippen LogP contribution in [-0.4, -0.2) is 81.2 Å². The quantitative estimate of drug-likeness (QED) is 0.782. The van der Waals surface area contributed by atoms with Gasteiger partial charge in [0.05, 0.1) is 36.4 Å². The molecule has 1 aromatic rings. The molecule has 0 spiro atoms. The average Bonchev–Trinajstić information content (AvgIpc) is 2.67. The third-order valence-corrected chi connectivity index (χ3v) is 6.98. The molecule has 2 saturated heterocycles. The van der Waals surface area contributed by atoms with Crippen LogP contribution >= 0.6 is 0 Å². The number of hydrogen-bond acceptors (Lipinski definition) is 6. The van der Waals surface area contributed by atoms with Crippen LogP contribution in [0.3, 0.4) is 0 Å². The van der Waals surface area contributed by atoms with Crippen LogP contribution < -0.4 is 5.32 Å². The standard InChI is InChI=1S/C19H29N3O5S/c1-14-12-21(13-15(2)27-14)16(3)19(23)20-17-5-4-6-18(11-17)28(24,25)22-7-9-26-10-8-22/h4-6,11,14-16H,7-10,12-13H2,1-3H3,(H,20,23)/t14-,15-,16+/m1/s1. The third-order valence-electron chi connectivity index (χ3n) is 5.08. The van der Waals surface area contributed by atoms with E-state index in [9.17, 15) is 13.2 Å². The van der Waals surface area contributed by atoms with Crippen LogP contribution in [0.4, 0.5) is 5.69 Å². The van der Waals surface area contributed by atoms with Crippen molar-refractivity contribution < 1.29 is 22.7 Å². The van der Waals surface area contributed by atoms with E-state index in [4.69, 9.17) is 9.47 Å². The summed E-state index contributed by atoms with van der Waals surface area (Å²) in [5.74, 6) is -0.165. The molecular formula is C19H29N3O5S. The summed E-state index contributed by atoms with van der Waals surface area (Å²) in [6.07, 6.45) is 0.141. The Morgan fingerprint density at radius 2 is 1.82 bits per heavy atom. The zero-order chi connectivity index (χ0) is 20.3. The number of carbonyl (C=O) groups is 1. The highest BCUT2D eigenvalue weighted by Crippen LogP contribution is 2.21. The fourth-order valence-electron chi connectivity index (χ4n) is 3.62. The normalized spacial score (nSPS) is 26.0. The van der Waals surface area contributed by atoms with E-state index in [1.54, 1.807) is 18.2 Å². The van der Waals surface area contributed by atoms with Gasteiger partial charge in [-0.2, -0.15) is 4.31 Å². The molecule has 2 aliphatic rings. The van der Waals surface area contributed by atoms with Crippen LogP contribution in [0.1, 0.15) is 20.8 Å². The topological polar surface area (TPSA) is 88.2 Å². The van der Waals surface area contributed by atoms with Gasteiger partial charge in [-0.05, 0) is 39.0 Å². The minimum atomic E-state index is -3.60. The van der Waals surface area contributed by atoms with Crippen molar-refractivity contribution in [1.29, 1.82) is 0 Å². The lowest BCUT2D eigenvalue weighted by atomic mass is 10.1. The molecule has 0 radical (unpaired) electrons. The van der Waals surface area contributed by atoms with Crippen molar-refractivity contribution >= 4 is 21.6 Å². The Labute approximate surface area is 166 Å². The van der Waals surface area contributed by atoms with E-state index in [-0.39, 0.29) is 29.1 Å². The molecule has 1 amide bonds. The lowest BCUT2D eigenvalue weighted by Gasteiger charge is -2.38. The van der Waals surface area contributed by atoms with Crippen LogP contribution in [0.5, 0.6) is 0 Å². The Balaban J connectivity index is 1.69. The molecule has 3 atom stereocenters. The fraction of sp³-hybridized carbons (Fsp3) is 0.632. The van der Waals surface area contributed by atoms with Crippen molar-refractivity contribution in [3.63, 3.8) is 0 Å². The van der Waals surface area contributed by atoms with E-state index in [1.807, 2.05) is 20.8 Å². The van der Waals surface area contributed by atoms with Gasteiger partial charge in [0.1, 0.15) is 0 Å². The maximum atomic E-state index is 12.8. The van der Waals surface area contributed by atoms with Gasteiger partial charge in [0.15, 0.2) is 0 Å². The van der Waals surface area contributed by atoms with Crippen molar-refractivity contribution in [3.8, 4) is 0 Å². The summed E-state index contributed by atoms with van der Waals surface area (Å²) < 4.78 is 38.0. The van der Waals surface area contributed by atoms with Crippen molar-refractivity contribution in [2.24, 2.45) is 0 Å². The van der Waals surface area contributed by atoms with Crippen molar-refractivity contribution in [3.05, 3.63) is 24.3 Å². The molecule has 1 aromatic carbocycles. The van der Waals surface area contributed by atoms with Gasteiger partial charge in [0.25, 0.3) is 0 Å². The lowest BCUT2D eigenvalue weighted by molar-refractivity contribution is -0.126. The number of anilines is 1. The maximum Gasteiger partial charge on any atom is 0.243 e. The van der Waals surface area contributed by atoms with Gasteiger partial charge in [-0.1, -0.05) is 6.07 Å². The molecule has 0 aliphatic carbocycles. The number of carbonyl (C=O) groups excluding carboxylic acids is 1. The average molecular weight is 412 g/mol. The summed E-state index contributed by atoms with van der Waals surface area (Å²) in [5.41, 5.74) is 0.473. The highest BCUT2D eigenvalue weighted by molar-refractivity contribution is 7.89. The molecule has 2 aliphatic heterocycles. The number of amides is 1. The number of hydrogen-bond donors (Lipinski definition) is 1. The highest BCUT2D eigenvalue weighted by Gasteiger charge is 2.30. The number of benzene rings is 1. The van der Waals surface area contributed by atoms with Crippen molar-refractivity contribution in [2.45, 2.75) is 43.9 Å². The fourth-order valence-corrected chi connectivity index (χ4v) is 5.07. The Hall–Kier alpha value is -1.52. The monoisotopic (exact) mass is 411 g/mol. The van der Waals surface area contributed by atoms with Gasteiger partial charge in [-0.3, -0.25) is 9.69 Å². The minimum absolute atomic E-state index is 0.0704. The first kappa shape index (κ1) is 21.2. The zero-order valence-corrected chi connectivity index (χ0v) is 17.4. The van der Waals surface area contributed by atoms with Gasteiger partial charge < -0.3 is 14.8 Å². The Kier molecular flexibility index (Phi) is 6.72. The first-order valence-corrected chi connectivity index (χ1v) is 11.1. The predicted molar refractivity (Wildman–Crippen MR) is 106 cm³/mol. The number of nitrogens with zero attached hydrogens (tertiary/aromatic N) is 2. The van der Waals surface area contributed by atoms with Crippen molar-refractivity contribution in [2.75, 3.05) is 44.7 Å². The summed E-state index contributed by atoms with van der Waals surface area (Å²) in [5, 5.41) is 2.85. The van der Waals surface area contributed by atoms with Crippen LogP contribution in [-0.2, 0) is 24.3 Å². The number of morpholine rings is 2. The molecule has 2 fully saturated rings. The first-order chi connectivity index (χ1) is 13.3. The Morgan fingerprint density at radius 3 is 2.46 bits per heavy atom. The SMILES string of the molecule is C[C@@H]1CN([C@@H](C)C(=O)Nc2cccc(S(=O)(=O)N3CCOCC3)c2)C[C@@H](C)O1. The molecule has 1 N–H and O–H groups in total. The molecule has 0 saturated carbocycles. The third kappa shape index (κ3) is 4.90. The summed E-state index contributed by atoms with van der Waals surface area (Å²) in [6.45, 7) is 8.67. The molecule has 28 heavy (non-hydrogen) atoms. The molecule has 2 heterocycles. The second-order valence-corrected chi connectivity index (χ2v) is 9.36. The Bertz CT molecular complexity index is 785. The van der Waals surface area contributed by atoms with Gasteiger partial charge in [0, 0.05) is 31.9 Å². The second kappa shape index (κ2) is 8.87. The summed E-state index contributed by atoms with van der Waals surface area (Å²) >= 11 is 0. The highest BCUT2D eigenvalue weighted by atomic mass is 32.2. The van der Waals surface area contributed by atoms with Gasteiger partial charge >= 0.3 is 0 Å². The second-order valence-electron chi connectivity index (χ2n) is 7.42.